The molecular weight excluding hydrogens is 214 g/mol. The maximum Gasteiger partial charge on any atom is 0.246 e. The third kappa shape index (κ3) is 8.45. The average molecular weight is 234 g/mol. The Morgan fingerprint density at radius 1 is 1.60 bits per heavy atom. The number of carbonyl (C=O) groups excluding carboxylic acids is 1. The number of nitrogens with one attached hydrogen (secondary N) is 1. The third-order valence-electron chi connectivity index (χ3n) is 1.92. The SMILES string of the molecule is C=C(C)C(=O)NCCOCC(C)CCCl. The van der Waals surface area contributed by atoms with Crippen LogP contribution in [0.1, 0.15) is 20.3 Å². The highest BCUT2D eigenvalue weighted by Crippen LogP contribution is 2.02. The van der Waals surface area contributed by atoms with E-state index in [0.717, 1.165) is 6.42 Å². The van der Waals surface area contributed by atoms with Gasteiger partial charge in [-0.2, -0.15) is 0 Å². The highest BCUT2D eigenvalue weighted by Gasteiger charge is 2.02. The maximum absolute atomic E-state index is 11.1. The molecule has 0 aliphatic heterocycles. The molecule has 1 amide bonds. The van der Waals surface area contributed by atoms with E-state index in [1.54, 1.807) is 6.92 Å². The Morgan fingerprint density at radius 2 is 2.27 bits per heavy atom. The lowest BCUT2D eigenvalue weighted by atomic mass is 10.1. The summed E-state index contributed by atoms with van der Waals surface area (Å²) in [4.78, 5) is 11.1. The maximum atomic E-state index is 11.1. The summed E-state index contributed by atoms with van der Waals surface area (Å²) in [6.45, 7) is 9.06. The van der Waals surface area contributed by atoms with Crippen molar-refractivity contribution in [2.24, 2.45) is 5.92 Å². The van der Waals surface area contributed by atoms with E-state index in [1.807, 2.05) is 0 Å². The second-order valence-electron chi connectivity index (χ2n) is 3.69. The molecule has 1 unspecified atom stereocenters. The van der Waals surface area contributed by atoms with Crippen molar-refractivity contribution in [3.8, 4) is 0 Å². The Morgan fingerprint density at radius 3 is 2.80 bits per heavy atom. The summed E-state index contributed by atoms with van der Waals surface area (Å²) in [5, 5.41) is 2.70. The van der Waals surface area contributed by atoms with Crippen molar-refractivity contribution in [2.75, 3.05) is 25.6 Å². The second kappa shape index (κ2) is 8.74. The number of amides is 1. The van der Waals surface area contributed by atoms with E-state index < -0.39 is 0 Å². The highest BCUT2D eigenvalue weighted by atomic mass is 35.5. The second-order valence-corrected chi connectivity index (χ2v) is 4.07. The van der Waals surface area contributed by atoms with Gasteiger partial charge in [0.1, 0.15) is 0 Å². The van der Waals surface area contributed by atoms with Gasteiger partial charge in [0.15, 0.2) is 0 Å². The molecule has 0 rings (SSSR count). The van der Waals surface area contributed by atoms with E-state index in [1.165, 1.54) is 0 Å². The Hall–Kier alpha value is -0.540. The number of rotatable bonds is 8. The summed E-state index contributed by atoms with van der Waals surface area (Å²) >= 11 is 5.59. The van der Waals surface area contributed by atoms with Gasteiger partial charge in [-0.25, -0.2) is 0 Å². The standard InChI is InChI=1S/C11H20ClNO2/c1-9(2)11(14)13-6-7-15-8-10(3)4-5-12/h10H,1,4-8H2,2-3H3,(H,13,14). The minimum Gasteiger partial charge on any atom is -0.379 e. The van der Waals surface area contributed by atoms with Gasteiger partial charge in [0, 0.05) is 24.6 Å². The molecule has 0 aromatic rings. The molecular formula is C11H20ClNO2. The molecule has 0 aliphatic carbocycles. The van der Waals surface area contributed by atoms with Gasteiger partial charge >= 0.3 is 0 Å². The number of halogens is 1. The number of hydrogen-bond acceptors (Lipinski definition) is 2. The van der Waals surface area contributed by atoms with Crippen LogP contribution >= 0.6 is 11.6 Å². The summed E-state index contributed by atoms with van der Waals surface area (Å²) in [7, 11) is 0. The highest BCUT2D eigenvalue weighted by molar-refractivity contribution is 6.17. The normalized spacial score (nSPS) is 12.2. The molecule has 0 radical (unpaired) electrons. The van der Waals surface area contributed by atoms with Gasteiger partial charge < -0.3 is 10.1 Å². The van der Waals surface area contributed by atoms with Crippen LogP contribution in [0.15, 0.2) is 12.2 Å². The van der Waals surface area contributed by atoms with Gasteiger partial charge in [0.2, 0.25) is 5.91 Å². The molecule has 0 aromatic carbocycles. The molecule has 0 heterocycles. The summed E-state index contributed by atoms with van der Waals surface area (Å²) in [5.41, 5.74) is 0.519. The van der Waals surface area contributed by atoms with Gasteiger partial charge in [-0.05, 0) is 19.3 Å². The van der Waals surface area contributed by atoms with Crippen molar-refractivity contribution in [1.29, 1.82) is 0 Å². The van der Waals surface area contributed by atoms with Gasteiger partial charge in [-0.1, -0.05) is 13.5 Å². The molecule has 0 spiro atoms. The molecule has 1 atom stereocenters. The van der Waals surface area contributed by atoms with Crippen LogP contribution in [0.4, 0.5) is 0 Å². The van der Waals surface area contributed by atoms with E-state index in [0.29, 0.717) is 37.1 Å². The van der Waals surface area contributed by atoms with Crippen LogP contribution in [0.3, 0.4) is 0 Å². The minimum atomic E-state index is -0.118. The Balaban J connectivity index is 3.32. The first kappa shape index (κ1) is 14.5. The van der Waals surface area contributed by atoms with E-state index in [9.17, 15) is 4.79 Å². The molecule has 1 N–H and O–H groups in total. The van der Waals surface area contributed by atoms with Crippen LogP contribution in [-0.4, -0.2) is 31.5 Å². The van der Waals surface area contributed by atoms with Crippen LogP contribution in [0.2, 0.25) is 0 Å². The molecule has 0 aromatic heterocycles. The smallest absolute Gasteiger partial charge is 0.246 e. The Labute approximate surface area is 96.8 Å². The lowest BCUT2D eigenvalue weighted by Gasteiger charge is -2.10. The zero-order chi connectivity index (χ0) is 11.7. The molecule has 0 saturated heterocycles. The van der Waals surface area contributed by atoms with E-state index >= 15 is 0 Å². The van der Waals surface area contributed by atoms with Crippen molar-refractivity contribution >= 4 is 17.5 Å². The van der Waals surface area contributed by atoms with Crippen LogP contribution in [-0.2, 0) is 9.53 Å². The van der Waals surface area contributed by atoms with Gasteiger partial charge in [0.25, 0.3) is 0 Å². The van der Waals surface area contributed by atoms with Gasteiger partial charge in [0.05, 0.1) is 6.61 Å². The predicted octanol–water partition coefficient (Wildman–Crippen LogP) is 1.96. The molecule has 0 saturated carbocycles. The number of hydrogen-bond donors (Lipinski definition) is 1. The molecule has 0 aliphatic rings. The van der Waals surface area contributed by atoms with Crippen molar-refractivity contribution < 1.29 is 9.53 Å². The molecule has 0 bridgehead atoms. The molecule has 0 fully saturated rings. The number of ether oxygens (including phenoxy) is 1. The summed E-state index contributed by atoms with van der Waals surface area (Å²) in [6.07, 6.45) is 0.958. The first-order valence-electron chi connectivity index (χ1n) is 5.15. The third-order valence-corrected chi connectivity index (χ3v) is 2.14. The molecule has 3 nitrogen and oxygen atoms in total. The fourth-order valence-electron chi connectivity index (χ4n) is 0.942. The van der Waals surface area contributed by atoms with E-state index in [2.05, 4.69) is 18.8 Å². The lowest BCUT2D eigenvalue weighted by Crippen LogP contribution is -2.28. The van der Waals surface area contributed by atoms with Crippen molar-refractivity contribution in [2.45, 2.75) is 20.3 Å². The van der Waals surface area contributed by atoms with Gasteiger partial charge in [-0.3, -0.25) is 4.79 Å². The number of carbonyl (C=O) groups is 1. The quantitative estimate of drug-likeness (QED) is 0.396. The van der Waals surface area contributed by atoms with Crippen LogP contribution in [0, 0.1) is 5.92 Å². The predicted molar refractivity (Wildman–Crippen MR) is 63.1 cm³/mol. The first-order chi connectivity index (χ1) is 7.07. The van der Waals surface area contributed by atoms with E-state index in [-0.39, 0.29) is 5.91 Å². The lowest BCUT2D eigenvalue weighted by molar-refractivity contribution is -0.117. The summed E-state index contributed by atoms with van der Waals surface area (Å²) < 4.78 is 5.38. The zero-order valence-electron chi connectivity index (χ0n) is 9.51. The van der Waals surface area contributed by atoms with Gasteiger partial charge in [-0.15, -0.1) is 11.6 Å². The first-order valence-corrected chi connectivity index (χ1v) is 5.68. The summed E-state index contributed by atoms with van der Waals surface area (Å²) in [6, 6.07) is 0. The van der Waals surface area contributed by atoms with Crippen molar-refractivity contribution in [3.63, 3.8) is 0 Å². The number of alkyl halides is 1. The summed E-state index contributed by atoms with van der Waals surface area (Å²) in [5.74, 6) is 1.02. The molecule has 4 heteroatoms. The van der Waals surface area contributed by atoms with Crippen molar-refractivity contribution in [3.05, 3.63) is 12.2 Å². The van der Waals surface area contributed by atoms with Crippen LogP contribution in [0.25, 0.3) is 0 Å². The fraction of sp³-hybridized carbons (Fsp3) is 0.727. The fourth-order valence-corrected chi connectivity index (χ4v) is 1.31. The zero-order valence-corrected chi connectivity index (χ0v) is 10.3. The Bertz CT molecular complexity index is 207. The average Bonchev–Trinajstić information content (AvgIpc) is 2.17. The minimum absolute atomic E-state index is 0.118. The van der Waals surface area contributed by atoms with Crippen LogP contribution < -0.4 is 5.32 Å². The largest absolute Gasteiger partial charge is 0.379 e. The molecule has 88 valence electrons. The van der Waals surface area contributed by atoms with E-state index in [4.69, 9.17) is 16.3 Å². The van der Waals surface area contributed by atoms with Crippen LogP contribution in [0.5, 0.6) is 0 Å². The monoisotopic (exact) mass is 233 g/mol. The van der Waals surface area contributed by atoms with Crippen molar-refractivity contribution in [1.82, 2.24) is 5.32 Å². The Kier molecular flexibility index (Phi) is 8.43. The topological polar surface area (TPSA) is 38.3 Å². The molecule has 15 heavy (non-hydrogen) atoms.